The molecule has 0 amide bonds. The lowest BCUT2D eigenvalue weighted by Gasteiger charge is -2.38. The molecule has 1 saturated carbocycles. The van der Waals surface area contributed by atoms with E-state index in [0.717, 1.165) is 58.4 Å². The van der Waals surface area contributed by atoms with Gasteiger partial charge >= 0.3 is 5.97 Å². The van der Waals surface area contributed by atoms with E-state index in [4.69, 9.17) is 0 Å². The molecule has 1 heterocycles. The standard InChI is InChI=1S/C14H26N2O2/c1-15-8-10-16(11-9-15)12-14(13(17)18)6-4-2-3-5-7-14/h2-12H2,1H3,(H,17,18). The van der Waals surface area contributed by atoms with Crippen LogP contribution in [-0.2, 0) is 4.79 Å². The van der Waals surface area contributed by atoms with Crippen molar-refractivity contribution in [3.63, 3.8) is 0 Å². The summed E-state index contributed by atoms with van der Waals surface area (Å²) in [6.45, 7) is 4.93. The van der Waals surface area contributed by atoms with Crippen LogP contribution < -0.4 is 0 Å². The number of carboxylic acids is 1. The van der Waals surface area contributed by atoms with Gasteiger partial charge in [0.1, 0.15) is 0 Å². The van der Waals surface area contributed by atoms with Crippen LogP contribution in [0.1, 0.15) is 38.5 Å². The summed E-state index contributed by atoms with van der Waals surface area (Å²) in [5, 5.41) is 9.66. The summed E-state index contributed by atoms with van der Waals surface area (Å²) in [4.78, 5) is 16.4. The Morgan fingerprint density at radius 2 is 1.61 bits per heavy atom. The molecule has 0 radical (unpaired) electrons. The average molecular weight is 254 g/mol. The first-order chi connectivity index (χ1) is 8.62. The topological polar surface area (TPSA) is 43.8 Å². The number of carboxylic acid groups (broad SMARTS) is 1. The molecule has 1 saturated heterocycles. The zero-order chi connectivity index (χ0) is 13.0. The number of rotatable bonds is 3. The van der Waals surface area contributed by atoms with Crippen molar-refractivity contribution in [1.82, 2.24) is 9.80 Å². The average Bonchev–Trinajstić information content (AvgIpc) is 2.59. The maximum Gasteiger partial charge on any atom is 0.310 e. The van der Waals surface area contributed by atoms with Crippen LogP contribution in [-0.4, -0.2) is 60.6 Å². The van der Waals surface area contributed by atoms with Crippen LogP contribution in [0.4, 0.5) is 0 Å². The van der Waals surface area contributed by atoms with Gasteiger partial charge in [-0.1, -0.05) is 25.7 Å². The summed E-state index contributed by atoms with van der Waals surface area (Å²) in [5.41, 5.74) is -0.466. The van der Waals surface area contributed by atoms with Crippen LogP contribution in [0, 0.1) is 5.41 Å². The molecular weight excluding hydrogens is 228 g/mol. The molecule has 0 spiro atoms. The monoisotopic (exact) mass is 254 g/mol. The normalized spacial score (nSPS) is 26.7. The van der Waals surface area contributed by atoms with E-state index in [0.29, 0.717) is 0 Å². The third kappa shape index (κ3) is 3.23. The SMILES string of the molecule is CN1CCN(CC2(C(=O)O)CCCCCC2)CC1. The van der Waals surface area contributed by atoms with Gasteiger partial charge in [0.2, 0.25) is 0 Å². The summed E-state index contributed by atoms with van der Waals surface area (Å²) in [7, 11) is 2.13. The maximum atomic E-state index is 11.7. The fourth-order valence-corrected chi connectivity index (χ4v) is 3.28. The van der Waals surface area contributed by atoms with E-state index in [1.807, 2.05) is 0 Å². The molecule has 0 unspecified atom stereocenters. The van der Waals surface area contributed by atoms with Crippen LogP contribution in [0.3, 0.4) is 0 Å². The molecule has 2 fully saturated rings. The molecule has 0 aromatic heterocycles. The summed E-state index contributed by atoms with van der Waals surface area (Å²) >= 11 is 0. The van der Waals surface area contributed by atoms with Gasteiger partial charge in [-0.3, -0.25) is 9.69 Å². The maximum absolute atomic E-state index is 11.7. The number of nitrogens with zero attached hydrogens (tertiary/aromatic N) is 2. The van der Waals surface area contributed by atoms with Gasteiger partial charge in [-0.2, -0.15) is 0 Å². The van der Waals surface area contributed by atoms with Crippen molar-refractivity contribution < 1.29 is 9.90 Å². The van der Waals surface area contributed by atoms with Gasteiger partial charge in [0, 0.05) is 32.7 Å². The Balaban J connectivity index is 1.98. The second kappa shape index (κ2) is 6.02. The van der Waals surface area contributed by atoms with Crippen LogP contribution in [0.5, 0.6) is 0 Å². The lowest BCUT2D eigenvalue weighted by atomic mass is 9.79. The second-order valence-corrected chi connectivity index (χ2v) is 6.08. The first-order valence-electron chi connectivity index (χ1n) is 7.27. The molecule has 1 aliphatic heterocycles. The van der Waals surface area contributed by atoms with Crippen molar-refractivity contribution in [2.24, 2.45) is 5.41 Å². The predicted molar refractivity (Wildman–Crippen MR) is 71.7 cm³/mol. The van der Waals surface area contributed by atoms with Gasteiger partial charge in [-0.05, 0) is 19.9 Å². The Hall–Kier alpha value is -0.610. The Morgan fingerprint density at radius 3 is 2.11 bits per heavy atom. The van der Waals surface area contributed by atoms with E-state index in [1.165, 1.54) is 12.8 Å². The molecule has 1 aliphatic carbocycles. The zero-order valence-electron chi connectivity index (χ0n) is 11.5. The first kappa shape index (κ1) is 13.8. The lowest BCUT2D eigenvalue weighted by molar-refractivity contribution is -0.151. The van der Waals surface area contributed by atoms with Crippen molar-refractivity contribution >= 4 is 5.97 Å². The molecule has 2 aliphatic rings. The molecule has 18 heavy (non-hydrogen) atoms. The van der Waals surface area contributed by atoms with Gasteiger partial charge in [0.25, 0.3) is 0 Å². The minimum Gasteiger partial charge on any atom is -0.481 e. The van der Waals surface area contributed by atoms with Crippen LogP contribution >= 0.6 is 0 Å². The number of carbonyl (C=O) groups is 1. The fourth-order valence-electron chi connectivity index (χ4n) is 3.28. The zero-order valence-corrected chi connectivity index (χ0v) is 11.5. The molecule has 0 aromatic rings. The number of aliphatic carboxylic acids is 1. The number of hydrogen-bond acceptors (Lipinski definition) is 3. The van der Waals surface area contributed by atoms with Crippen molar-refractivity contribution in [3.8, 4) is 0 Å². The van der Waals surface area contributed by atoms with E-state index in [9.17, 15) is 9.90 Å². The third-order valence-electron chi connectivity index (χ3n) is 4.64. The summed E-state index contributed by atoms with van der Waals surface area (Å²) in [6, 6.07) is 0. The number of hydrogen-bond donors (Lipinski definition) is 1. The van der Waals surface area contributed by atoms with Gasteiger partial charge in [0.15, 0.2) is 0 Å². The smallest absolute Gasteiger partial charge is 0.310 e. The highest BCUT2D eigenvalue weighted by molar-refractivity contribution is 5.75. The van der Waals surface area contributed by atoms with Crippen molar-refractivity contribution in [2.45, 2.75) is 38.5 Å². The summed E-state index contributed by atoms with van der Waals surface area (Å²) in [5.74, 6) is -0.566. The molecule has 1 N–H and O–H groups in total. The molecule has 2 rings (SSSR count). The van der Waals surface area contributed by atoms with Gasteiger partial charge in [-0.25, -0.2) is 0 Å². The highest BCUT2D eigenvalue weighted by atomic mass is 16.4. The minimum absolute atomic E-state index is 0.466. The number of likely N-dealkylation sites (N-methyl/N-ethyl adjacent to an activating group) is 1. The molecular formula is C14H26N2O2. The fraction of sp³-hybridized carbons (Fsp3) is 0.929. The summed E-state index contributed by atoms with van der Waals surface area (Å²) < 4.78 is 0. The van der Waals surface area contributed by atoms with Crippen molar-refractivity contribution in [3.05, 3.63) is 0 Å². The molecule has 0 bridgehead atoms. The van der Waals surface area contributed by atoms with E-state index < -0.39 is 11.4 Å². The second-order valence-electron chi connectivity index (χ2n) is 6.08. The van der Waals surface area contributed by atoms with E-state index >= 15 is 0 Å². The minimum atomic E-state index is -0.566. The summed E-state index contributed by atoms with van der Waals surface area (Å²) in [6.07, 6.45) is 6.32. The van der Waals surface area contributed by atoms with E-state index in [-0.39, 0.29) is 0 Å². The van der Waals surface area contributed by atoms with Gasteiger partial charge in [-0.15, -0.1) is 0 Å². The Morgan fingerprint density at radius 1 is 1.06 bits per heavy atom. The Bertz CT molecular complexity index is 278. The van der Waals surface area contributed by atoms with Gasteiger partial charge < -0.3 is 10.0 Å². The van der Waals surface area contributed by atoms with Crippen LogP contribution in [0.15, 0.2) is 0 Å². The molecule has 0 atom stereocenters. The Kier molecular flexibility index (Phi) is 4.62. The van der Waals surface area contributed by atoms with Gasteiger partial charge in [0.05, 0.1) is 5.41 Å². The van der Waals surface area contributed by atoms with E-state index in [1.54, 1.807) is 0 Å². The number of piperazine rings is 1. The van der Waals surface area contributed by atoms with Crippen molar-refractivity contribution in [2.75, 3.05) is 39.8 Å². The van der Waals surface area contributed by atoms with E-state index in [2.05, 4.69) is 16.8 Å². The van der Waals surface area contributed by atoms with Crippen LogP contribution in [0.2, 0.25) is 0 Å². The largest absolute Gasteiger partial charge is 0.481 e. The predicted octanol–water partition coefficient (Wildman–Crippen LogP) is 1.66. The molecule has 0 aromatic carbocycles. The van der Waals surface area contributed by atoms with Crippen molar-refractivity contribution in [1.29, 1.82) is 0 Å². The highest BCUT2D eigenvalue weighted by Gasteiger charge is 2.40. The molecule has 104 valence electrons. The highest BCUT2D eigenvalue weighted by Crippen LogP contribution is 2.36. The molecule has 4 heteroatoms. The molecule has 4 nitrogen and oxygen atoms in total. The van der Waals surface area contributed by atoms with Crippen LogP contribution in [0.25, 0.3) is 0 Å². The third-order valence-corrected chi connectivity index (χ3v) is 4.64. The first-order valence-corrected chi connectivity index (χ1v) is 7.27. The quantitative estimate of drug-likeness (QED) is 0.778. The lowest BCUT2D eigenvalue weighted by Crippen LogP contribution is -2.50. The Labute approximate surface area is 110 Å².